The van der Waals surface area contributed by atoms with Crippen LogP contribution in [0.15, 0.2) is 24.3 Å². The van der Waals surface area contributed by atoms with Gasteiger partial charge in [0, 0.05) is 12.2 Å². The third-order valence-corrected chi connectivity index (χ3v) is 3.17. The van der Waals surface area contributed by atoms with Crippen LogP contribution in [0.1, 0.15) is 23.2 Å². The van der Waals surface area contributed by atoms with Crippen LogP contribution in [0, 0.1) is 0 Å². The van der Waals surface area contributed by atoms with Gasteiger partial charge in [0.1, 0.15) is 6.04 Å². The quantitative estimate of drug-likeness (QED) is 0.823. The number of nitrogens with zero attached hydrogens (tertiary/aromatic N) is 1. The predicted octanol–water partition coefficient (Wildman–Crippen LogP) is 1.53. The Morgan fingerprint density at radius 1 is 1.33 bits per heavy atom. The maximum absolute atomic E-state index is 11.6. The van der Waals surface area contributed by atoms with Crippen molar-refractivity contribution < 1.29 is 19.4 Å². The number of hydrogen-bond acceptors (Lipinski definition) is 4. The van der Waals surface area contributed by atoms with E-state index in [9.17, 15) is 9.59 Å². The fourth-order valence-electron chi connectivity index (χ4n) is 2.25. The second-order valence-corrected chi connectivity index (χ2v) is 4.23. The zero-order valence-corrected chi connectivity index (χ0v) is 10.1. The van der Waals surface area contributed by atoms with Crippen LogP contribution < -0.4 is 4.90 Å². The zero-order chi connectivity index (χ0) is 13.1. The summed E-state index contributed by atoms with van der Waals surface area (Å²) in [4.78, 5) is 24.3. The van der Waals surface area contributed by atoms with E-state index in [2.05, 4.69) is 0 Å². The van der Waals surface area contributed by atoms with Gasteiger partial charge in [-0.25, -0.2) is 9.59 Å². The number of ether oxygens (including phenoxy) is 1. The smallest absolute Gasteiger partial charge is 0.335 e. The lowest BCUT2D eigenvalue weighted by Crippen LogP contribution is -2.36. The monoisotopic (exact) mass is 249 g/mol. The van der Waals surface area contributed by atoms with Gasteiger partial charge in [-0.2, -0.15) is 0 Å². The molecule has 1 saturated heterocycles. The Hall–Kier alpha value is -2.04. The number of carbonyl (C=O) groups is 2. The predicted molar refractivity (Wildman–Crippen MR) is 65.8 cm³/mol. The topological polar surface area (TPSA) is 66.8 Å². The number of hydrogen-bond donors (Lipinski definition) is 1. The number of aromatic carboxylic acids is 1. The molecule has 18 heavy (non-hydrogen) atoms. The summed E-state index contributed by atoms with van der Waals surface area (Å²) >= 11 is 0. The lowest BCUT2D eigenvalue weighted by atomic mass is 10.1. The molecule has 5 nitrogen and oxygen atoms in total. The normalized spacial score (nSPS) is 18.7. The van der Waals surface area contributed by atoms with Crippen LogP contribution in [0.2, 0.25) is 0 Å². The van der Waals surface area contributed by atoms with E-state index >= 15 is 0 Å². The highest BCUT2D eigenvalue weighted by Crippen LogP contribution is 2.26. The highest BCUT2D eigenvalue weighted by atomic mass is 16.5. The Morgan fingerprint density at radius 3 is 2.56 bits per heavy atom. The SMILES string of the molecule is COC(=O)C1CCCN1c1ccc(C(=O)O)cc1. The van der Waals surface area contributed by atoms with Crippen LogP contribution in [0.5, 0.6) is 0 Å². The second kappa shape index (κ2) is 5.08. The number of rotatable bonds is 3. The summed E-state index contributed by atoms with van der Waals surface area (Å²) in [5.74, 6) is -1.19. The lowest BCUT2D eigenvalue weighted by molar-refractivity contribution is -0.141. The molecule has 1 aromatic carbocycles. The van der Waals surface area contributed by atoms with Crippen LogP contribution >= 0.6 is 0 Å². The van der Waals surface area contributed by atoms with Crippen LogP contribution in [-0.2, 0) is 9.53 Å². The van der Waals surface area contributed by atoms with Crippen LogP contribution in [-0.4, -0.2) is 36.7 Å². The van der Waals surface area contributed by atoms with Crippen molar-refractivity contribution >= 4 is 17.6 Å². The van der Waals surface area contributed by atoms with E-state index in [1.165, 1.54) is 7.11 Å². The maximum Gasteiger partial charge on any atom is 0.335 e. The largest absolute Gasteiger partial charge is 0.478 e. The first-order valence-corrected chi connectivity index (χ1v) is 5.81. The second-order valence-electron chi connectivity index (χ2n) is 4.23. The summed E-state index contributed by atoms with van der Waals surface area (Å²) in [7, 11) is 1.38. The molecule has 0 bridgehead atoms. The van der Waals surface area contributed by atoms with Gasteiger partial charge in [-0.1, -0.05) is 0 Å². The molecule has 0 spiro atoms. The molecule has 0 saturated carbocycles. The van der Waals surface area contributed by atoms with Gasteiger partial charge in [0.15, 0.2) is 0 Å². The molecule has 1 atom stereocenters. The third kappa shape index (κ3) is 2.30. The van der Waals surface area contributed by atoms with Crippen molar-refractivity contribution in [2.45, 2.75) is 18.9 Å². The van der Waals surface area contributed by atoms with Gasteiger partial charge in [0.2, 0.25) is 0 Å². The van der Waals surface area contributed by atoms with Crippen molar-refractivity contribution in [2.24, 2.45) is 0 Å². The average Bonchev–Trinajstić information content (AvgIpc) is 2.87. The summed E-state index contributed by atoms with van der Waals surface area (Å²) in [6, 6.07) is 6.29. The molecule has 0 aromatic heterocycles. The molecule has 96 valence electrons. The zero-order valence-electron chi connectivity index (χ0n) is 10.1. The third-order valence-electron chi connectivity index (χ3n) is 3.17. The van der Waals surface area contributed by atoms with Crippen LogP contribution in [0.3, 0.4) is 0 Å². The molecule has 1 aliphatic heterocycles. The number of anilines is 1. The van der Waals surface area contributed by atoms with Crippen molar-refractivity contribution in [2.75, 3.05) is 18.6 Å². The van der Waals surface area contributed by atoms with Gasteiger partial charge in [0.25, 0.3) is 0 Å². The van der Waals surface area contributed by atoms with Crippen LogP contribution in [0.4, 0.5) is 5.69 Å². The molecule has 1 heterocycles. The maximum atomic E-state index is 11.6. The minimum Gasteiger partial charge on any atom is -0.478 e. The van der Waals surface area contributed by atoms with Gasteiger partial charge in [-0.3, -0.25) is 0 Å². The van der Waals surface area contributed by atoms with Crippen molar-refractivity contribution in [3.05, 3.63) is 29.8 Å². The van der Waals surface area contributed by atoms with Gasteiger partial charge in [-0.05, 0) is 37.1 Å². The van der Waals surface area contributed by atoms with Crippen molar-refractivity contribution in [1.29, 1.82) is 0 Å². The Bertz CT molecular complexity index is 455. The Morgan fingerprint density at radius 2 is 2.00 bits per heavy atom. The number of carboxylic acid groups (broad SMARTS) is 1. The first-order valence-electron chi connectivity index (χ1n) is 5.81. The van der Waals surface area contributed by atoms with E-state index in [0.717, 1.165) is 25.1 Å². The molecule has 5 heteroatoms. The Labute approximate surface area is 105 Å². The van der Waals surface area contributed by atoms with E-state index in [1.54, 1.807) is 24.3 Å². The van der Waals surface area contributed by atoms with Crippen molar-refractivity contribution in [1.82, 2.24) is 0 Å². The Balaban J connectivity index is 2.20. The van der Waals surface area contributed by atoms with E-state index in [0.29, 0.717) is 0 Å². The minimum absolute atomic E-state index is 0.241. The molecule has 2 rings (SSSR count). The molecule has 1 fully saturated rings. The summed E-state index contributed by atoms with van der Waals surface area (Å²) in [6.45, 7) is 0.784. The fourth-order valence-corrected chi connectivity index (χ4v) is 2.25. The first-order chi connectivity index (χ1) is 8.63. The van der Waals surface area contributed by atoms with Gasteiger partial charge < -0.3 is 14.7 Å². The molecule has 0 radical (unpaired) electrons. The number of methoxy groups -OCH3 is 1. The lowest BCUT2D eigenvalue weighted by Gasteiger charge is -2.24. The van der Waals surface area contributed by atoms with E-state index in [1.807, 2.05) is 4.90 Å². The van der Waals surface area contributed by atoms with Crippen molar-refractivity contribution in [3.8, 4) is 0 Å². The number of esters is 1. The summed E-state index contributed by atoms with van der Waals surface area (Å²) in [5, 5.41) is 8.83. The van der Waals surface area contributed by atoms with Gasteiger partial charge in [0.05, 0.1) is 12.7 Å². The summed E-state index contributed by atoms with van der Waals surface area (Å²) in [6.07, 6.45) is 1.70. The van der Waals surface area contributed by atoms with Crippen LogP contribution in [0.25, 0.3) is 0 Å². The van der Waals surface area contributed by atoms with Gasteiger partial charge in [-0.15, -0.1) is 0 Å². The minimum atomic E-state index is -0.951. The highest BCUT2D eigenvalue weighted by molar-refractivity contribution is 5.88. The molecule has 1 unspecified atom stereocenters. The number of carboxylic acids is 1. The molecule has 0 aliphatic carbocycles. The van der Waals surface area contributed by atoms with Gasteiger partial charge >= 0.3 is 11.9 Å². The molecule has 1 aromatic rings. The average molecular weight is 249 g/mol. The fraction of sp³-hybridized carbons (Fsp3) is 0.385. The van der Waals surface area contributed by atoms with E-state index < -0.39 is 5.97 Å². The highest BCUT2D eigenvalue weighted by Gasteiger charge is 2.31. The molecule has 1 N–H and O–H groups in total. The molecular weight excluding hydrogens is 234 g/mol. The first kappa shape index (κ1) is 12.4. The van der Waals surface area contributed by atoms with E-state index in [-0.39, 0.29) is 17.6 Å². The molecular formula is C13H15NO4. The molecule has 1 aliphatic rings. The van der Waals surface area contributed by atoms with E-state index in [4.69, 9.17) is 9.84 Å². The summed E-state index contributed by atoms with van der Waals surface area (Å²) in [5.41, 5.74) is 1.10. The Kier molecular flexibility index (Phi) is 3.50. The molecule has 0 amide bonds. The standard InChI is InChI=1S/C13H15NO4/c1-18-13(17)11-3-2-8-14(11)10-6-4-9(5-7-10)12(15)16/h4-7,11H,2-3,8H2,1H3,(H,15,16). The number of benzene rings is 1. The summed E-state index contributed by atoms with van der Waals surface area (Å²) < 4.78 is 4.77. The van der Waals surface area contributed by atoms with Crippen molar-refractivity contribution in [3.63, 3.8) is 0 Å². The number of carbonyl (C=O) groups excluding carboxylic acids is 1.